The van der Waals surface area contributed by atoms with Crippen molar-refractivity contribution in [2.45, 2.75) is 24.9 Å². The van der Waals surface area contributed by atoms with E-state index in [2.05, 4.69) is 10.1 Å². The summed E-state index contributed by atoms with van der Waals surface area (Å²) in [6.45, 7) is 0.445. The van der Waals surface area contributed by atoms with Crippen LogP contribution in [0.2, 0.25) is 0 Å². The van der Waals surface area contributed by atoms with Crippen molar-refractivity contribution in [3.05, 3.63) is 41.6 Å². The van der Waals surface area contributed by atoms with Crippen LogP contribution < -0.4 is 9.62 Å². The van der Waals surface area contributed by atoms with Crippen LogP contribution in [0.4, 0.5) is 28.2 Å². The van der Waals surface area contributed by atoms with Gasteiger partial charge in [-0.2, -0.15) is 0 Å². The molecule has 2 aliphatic heterocycles. The first-order valence-corrected chi connectivity index (χ1v) is 11.9. The Balaban J connectivity index is 1.60. The molecule has 2 atom stereocenters. The summed E-state index contributed by atoms with van der Waals surface area (Å²) in [6.07, 6.45) is 0.751. The van der Waals surface area contributed by atoms with Crippen LogP contribution in [-0.2, 0) is 10.0 Å². The molecule has 0 radical (unpaired) electrons. The molecule has 0 spiro atoms. The molecule has 34 heavy (non-hydrogen) atoms. The van der Waals surface area contributed by atoms with Crippen LogP contribution in [0.25, 0.3) is 22.2 Å². The highest BCUT2D eigenvalue weighted by Gasteiger charge is 2.63. The maximum Gasteiger partial charge on any atom is 0.326 e. The number of nitrogens with zero attached hydrogens (tertiary/aromatic N) is 4. The highest BCUT2D eigenvalue weighted by molar-refractivity contribution is 7.88. The molecule has 4 heterocycles. The molecule has 1 aromatic carbocycles. The Hall–Kier alpha value is -3.26. The van der Waals surface area contributed by atoms with Crippen molar-refractivity contribution in [1.29, 1.82) is 0 Å². The third-order valence-corrected chi connectivity index (χ3v) is 6.61. The fourth-order valence-corrected chi connectivity index (χ4v) is 5.22. The van der Waals surface area contributed by atoms with E-state index >= 15 is 0 Å². The number of alkyl halides is 2. The Morgan fingerprint density at radius 3 is 2.50 bits per heavy atom. The SMILES string of the molecule is Cc1cc(-c2c(F)cccc2F)c2c(N3C[C@H]4N(C[C@@H](NS(C)(=O)=O)C4(F)F)C3=O)noc2n1. The summed E-state index contributed by atoms with van der Waals surface area (Å²) < 4.78 is 89.2. The summed E-state index contributed by atoms with van der Waals surface area (Å²) in [5, 5.41) is 3.79. The number of benzene rings is 1. The van der Waals surface area contributed by atoms with Crippen LogP contribution in [0, 0.1) is 18.6 Å². The van der Waals surface area contributed by atoms with Gasteiger partial charge in [0.1, 0.15) is 23.7 Å². The molecule has 5 rings (SSSR count). The molecule has 2 fully saturated rings. The largest absolute Gasteiger partial charge is 0.334 e. The number of aryl methyl sites for hydroxylation is 1. The number of fused-ring (bicyclic) bond motifs is 2. The van der Waals surface area contributed by atoms with Gasteiger partial charge in [0.25, 0.3) is 11.6 Å². The number of anilines is 1. The fraction of sp³-hybridized carbons (Fsp3) is 0.350. The highest BCUT2D eigenvalue weighted by atomic mass is 32.2. The molecule has 180 valence electrons. The zero-order valence-electron chi connectivity index (χ0n) is 17.7. The first-order chi connectivity index (χ1) is 15.9. The van der Waals surface area contributed by atoms with Crippen molar-refractivity contribution >= 4 is 33.0 Å². The Morgan fingerprint density at radius 1 is 1.21 bits per heavy atom. The number of rotatable bonds is 4. The molecular formula is C20H17F4N5O4S. The number of aromatic nitrogens is 2. The molecule has 0 unspecified atom stereocenters. The van der Waals surface area contributed by atoms with Crippen molar-refractivity contribution in [1.82, 2.24) is 19.8 Å². The quantitative estimate of drug-likeness (QED) is 0.553. The third-order valence-electron chi connectivity index (χ3n) is 5.90. The maximum atomic E-state index is 15.0. The lowest BCUT2D eigenvalue weighted by Crippen LogP contribution is -2.50. The maximum absolute atomic E-state index is 15.0. The first-order valence-electron chi connectivity index (χ1n) is 10.0. The Kier molecular flexibility index (Phi) is 4.88. The number of carbonyl (C=O) groups excluding carboxylic acids is 1. The zero-order chi connectivity index (χ0) is 24.6. The Morgan fingerprint density at radius 2 is 1.88 bits per heavy atom. The molecule has 9 nitrogen and oxygen atoms in total. The van der Waals surface area contributed by atoms with E-state index in [0.717, 1.165) is 28.2 Å². The number of hydrogen-bond donors (Lipinski definition) is 1. The summed E-state index contributed by atoms with van der Waals surface area (Å²) in [4.78, 5) is 19.0. The van der Waals surface area contributed by atoms with Gasteiger partial charge in [0, 0.05) is 17.8 Å². The molecule has 1 N–H and O–H groups in total. The second kappa shape index (κ2) is 7.37. The topological polar surface area (TPSA) is 109 Å². The van der Waals surface area contributed by atoms with Gasteiger partial charge in [-0.3, -0.25) is 4.90 Å². The molecule has 0 bridgehead atoms. The number of halogens is 4. The number of hydrogen-bond acceptors (Lipinski definition) is 6. The molecular weight excluding hydrogens is 482 g/mol. The van der Waals surface area contributed by atoms with Crippen LogP contribution >= 0.6 is 0 Å². The van der Waals surface area contributed by atoms with Crippen LogP contribution in [0.3, 0.4) is 0 Å². The van der Waals surface area contributed by atoms with Crippen LogP contribution in [0.1, 0.15) is 5.69 Å². The van der Waals surface area contributed by atoms with E-state index in [0.29, 0.717) is 5.69 Å². The summed E-state index contributed by atoms with van der Waals surface area (Å²) in [6, 6.07) is 0.360. The average molecular weight is 499 g/mol. The smallest absolute Gasteiger partial charge is 0.326 e. The van der Waals surface area contributed by atoms with Gasteiger partial charge in [0.2, 0.25) is 10.0 Å². The molecule has 2 aliphatic rings. The minimum atomic E-state index is -3.95. The van der Waals surface area contributed by atoms with E-state index in [-0.39, 0.29) is 22.5 Å². The normalized spacial score (nSPS) is 22.1. The van der Waals surface area contributed by atoms with Gasteiger partial charge in [-0.15, -0.1) is 0 Å². The third kappa shape index (κ3) is 3.39. The second-order valence-electron chi connectivity index (χ2n) is 8.27. The number of urea groups is 1. The second-order valence-corrected chi connectivity index (χ2v) is 10.1. The van der Waals surface area contributed by atoms with Gasteiger partial charge in [0.15, 0.2) is 5.82 Å². The van der Waals surface area contributed by atoms with Crippen LogP contribution in [0.15, 0.2) is 28.8 Å². The van der Waals surface area contributed by atoms with E-state index in [1.807, 2.05) is 4.72 Å². The van der Waals surface area contributed by atoms with Crippen molar-refractivity contribution in [3.63, 3.8) is 0 Å². The van der Waals surface area contributed by atoms with Gasteiger partial charge >= 0.3 is 6.03 Å². The van der Waals surface area contributed by atoms with E-state index < -0.39 is 64.3 Å². The summed E-state index contributed by atoms with van der Waals surface area (Å²) >= 11 is 0. The summed E-state index contributed by atoms with van der Waals surface area (Å²) in [7, 11) is -3.95. The fourth-order valence-electron chi connectivity index (χ4n) is 4.47. The van der Waals surface area contributed by atoms with Gasteiger partial charge in [-0.05, 0) is 25.1 Å². The standard InChI is InChI=1S/C20H17F4N5O4S/c1-9-6-10(15-11(21)4-3-5-12(15)22)16-17(26-33-18(16)25-9)29-8-14-20(23,24)13(27-34(2,31)32)7-28(14)19(29)30/h3-6,13-14,27H,7-8H2,1-2H3/t13-,14-/m1/s1. The number of carbonyl (C=O) groups is 1. The monoisotopic (exact) mass is 499 g/mol. The molecule has 14 heteroatoms. The minimum absolute atomic E-state index is 0.00223. The average Bonchev–Trinajstić information content (AvgIpc) is 3.34. The van der Waals surface area contributed by atoms with Crippen LogP contribution in [-0.4, -0.2) is 66.8 Å². The zero-order valence-corrected chi connectivity index (χ0v) is 18.5. The van der Waals surface area contributed by atoms with E-state index in [1.165, 1.54) is 12.1 Å². The van der Waals surface area contributed by atoms with E-state index in [4.69, 9.17) is 4.52 Å². The first kappa shape index (κ1) is 22.5. The molecule has 0 aliphatic carbocycles. The predicted molar refractivity (Wildman–Crippen MR) is 112 cm³/mol. The number of amides is 2. The molecule has 2 amide bonds. The lowest BCUT2D eigenvalue weighted by molar-refractivity contribution is -0.0324. The number of sulfonamides is 1. The van der Waals surface area contributed by atoms with Crippen molar-refractivity contribution in [3.8, 4) is 11.1 Å². The van der Waals surface area contributed by atoms with E-state index in [1.54, 1.807) is 6.92 Å². The molecule has 2 aromatic heterocycles. The molecule has 0 saturated carbocycles. The van der Waals surface area contributed by atoms with Crippen LogP contribution in [0.5, 0.6) is 0 Å². The van der Waals surface area contributed by atoms with E-state index in [9.17, 15) is 30.8 Å². The van der Waals surface area contributed by atoms with Gasteiger partial charge < -0.3 is 9.42 Å². The van der Waals surface area contributed by atoms with Gasteiger partial charge in [0.05, 0.1) is 23.8 Å². The highest BCUT2D eigenvalue weighted by Crippen LogP contribution is 2.43. The number of nitrogens with one attached hydrogen (secondary N) is 1. The molecule has 2 saturated heterocycles. The number of pyridine rings is 1. The van der Waals surface area contributed by atoms with Crippen molar-refractivity contribution in [2.24, 2.45) is 0 Å². The summed E-state index contributed by atoms with van der Waals surface area (Å²) in [5.74, 6) is -5.56. The minimum Gasteiger partial charge on any atom is -0.334 e. The van der Waals surface area contributed by atoms with Gasteiger partial charge in [-0.25, -0.2) is 40.5 Å². The Bertz CT molecular complexity index is 1420. The Labute approximate surface area is 190 Å². The van der Waals surface area contributed by atoms with Gasteiger partial charge in [-0.1, -0.05) is 11.2 Å². The van der Waals surface area contributed by atoms with Crippen molar-refractivity contribution in [2.75, 3.05) is 24.2 Å². The molecule has 3 aromatic rings. The lowest BCUT2D eigenvalue weighted by atomic mass is 10.0. The lowest BCUT2D eigenvalue weighted by Gasteiger charge is -2.23. The predicted octanol–water partition coefficient (Wildman–Crippen LogP) is 2.65. The van der Waals surface area contributed by atoms with Crippen molar-refractivity contribution < 1.29 is 35.3 Å². The summed E-state index contributed by atoms with van der Waals surface area (Å²) in [5.41, 5.74) is -0.187.